The molecule has 2 aromatic carbocycles. The van der Waals surface area contributed by atoms with E-state index in [1.165, 1.54) is 12.1 Å². The van der Waals surface area contributed by atoms with Crippen LogP contribution in [-0.2, 0) is 22.6 Å². The summed E-state index contributed by atoms with van der Waals surface area (Å²) in [6.45, 7) is 6.06. The lowest BCUT2D eigenvalue weighted by atomic mass is 10.0. The molecule has 0 spiro atoms. The number of piperazine rings is 1. The highest BCUT2D eigenvalue weighted by Gasteiger charge is 2.31. The molecule has 1 aliphatic heterocycles. The van der Waals surface area contributed by atoms with Crippen molar-refractivity contribution in [2.24, 2.45) is 0 Å². The number of aliphatic hydroxyl groups excluding tert-OH is 1. The Kier molecular flexibility index (Phi) is 11.2. The predicted octanol–water partition coefficient (Wildman–Crippen LogP) is 2.69. The van der Waals surface area contributed by atoms with E-state index in [0.717, 1.165) is 21.6 Å². The molecule has 1 aliphatic rings. The van der Waals surface area contributed by atoms with Crippen molar-refractivity contribution in [2.45, 2.75) is 51.4 Å². The minimum atomic E-state index is -1.01. The molecule has 0 saturated carbocycles. The van der Waals surface area contributed by atoms with Crippen molar-refractivity contribution in [3.63, 3.8) is 0 Å². The van der Waals surface area contributed by atoms with E-state index in [2.05, 4.69) is 33.2 Å². The Morgan fingerprint density at radius 3 is 2.57 bits per heavy atom. The summed E-state index contributed by atoms with van der Waals surface area (Å²) in [6, 6.07) is 10.3. The first kappa shape index (κ1) is 29.4. The standard InChI is InChI=1S/C27H35F2IN4O3/c1-3-7-34-18(2)15-33(17-27(34)37)16-26(36)32-24(11-20-8-21(28)12-22(29)9-20)25(35)14-31-13-19-5-4-6-23(30)10-19/h4-6,8-10,12,18,24-25,31,35H,3,7,11,13-17H2,1-2H3,(H,32,36)/t18-,24-,25+/m0/s1. The number of carbonyl (C=O) groups is 2. The van der Waals surface area contributed by atoms with Crippen molar-refractivity contribution in [3.8, 4) is 0 Å². The lowest BCUT2D eigenvalue weighted by Crippen LogP contribution is -2.58. The lowest BCUT2D eigenvalue weighted by Gasteiger charge is -2.39. The van der Waals surface area contributed by atoms with Gasteiger partial charge in [0.05, 0.1) is 25.2 Å². The van der Waals surface area contributed by atoms with Crippen molar-refractivity contribution in [1.29, 1.82) is 0 Å². The van der Waals surface area contributed by atoms with Crippen LogP contribution in [0, 0.1) is 15.2 Å². The van der Waals surface area contributed by atoms with E-state index < -0.39 is 23.8 Å². The average Bonchev–Trinajstić information content (AvgIpc) is 2.80. The molecule has 37 heavy (non-hydrogen) atoms. The van der Waals surface area contributed by atoms with Crippen LogP contribution < -0.4 is 10.6 Å². The van der Waals surface area contributed by atoms with Crippen molar-refractivity contribution in [2.75, 3.05) is 32.7 Å². The molecular formula is C27H35F2IN4O3. The van der Waals surface area contributed by atoms with E-state index in [-0.39, 0.29) is 43.9 Å². The number of aliphatic hydroxyl groups is 1. The van der Waals surface area contributed by atoms with E-state index in [1.807, 2.05) is 43.0 Å². The van der Waals surface area contributed by atoms with Gasteiger partial charge in [-0.25, -0.2) is 8.78 Å². The second-order valence-electron chi connectivity index (χ2n) is 9.59. The molecule has 1 saturated heterocycles. The molecule has 3 atom stereocenters. The molecule has 0 aliphatic carbocycles. The van der Waals surface area contributed by atoms with Crippen LogP contribution in [0.2, 0.25) is 0 Å². The van der Waals surface area contributed by atoms with Gasteiger partial charge in [-0.1, -0.05) is 19.1 Å². The summed E-state index contributed by atoms with van der Waals surface area (Å²) in [4.78, 5) is 29.1. The summed E-state index contributed by atoms with van der Waals surface area (Å²) in [5.74, 6) is -1.81. The Hall–Kier alpha value is -2.15. The van der Waals surface area contributed by atoms with Crippen LogP contribution in [0.5, 0.6) is 0 Å². The fourth-order valence-corrected chi connectivity index (χ4v) is 5.25. The second kappa shape index (κ2) is 14.1. The zero-order chi connectivity index (χ0) is 26.9. The topological polar surface area (TPSA) is 84.9 Å². The minimum absolute atomic E-state index is 0.00379. The Labute approximate surface area is 230 Å². The van der Waals surface area contributed by atoms with Crippen LogP contribution in [0.15, 0.2) is 42.5 Å². The lowest BCUT2D eigenvalue weighted by molar-refractivity contribution is -0.140. The molecule has 10 heteroatoms. The summed E-state index contributed by atoms with van der Waals surface area (Å²) in [5, 5.41) is 17.0. The van der Waals surface area contributed by atoms with Gasteiger partial charge in [-0.15, -0.1) is 0 Å². The zero-order valence-electron chi connectivity index (χ0n) is 21.2. The molecule has 0 unspecified atom stereocenters. The first-order chi connectivity index (χ1) is 17.6. The van der Waals surface area contributed by atoms with Crippen LogP contribution in [0.1, 0.15) is 31.4 Å². The third-order valence-corrected chi connectivity index (χ3v) is 7.00. The van der Waals surface area contributed by atoms with Gasteiger partial charge in [0, 0.05) is 41.9 Å². The van der Waals surface area contributed by atoms with Gasteiger partial charge in [0.1, 0.15) is 11.6 Å². The molecule has 2 amide bonds. The molecule has 2 aromatic rings. The van der Waals surface area contributed by atoms with Gasteiger partial charge in [-0.05, 0) is 77.7 Å². The molecule has 3 N–H and O–H groups in total. The van der Waals surface area contributed by atoms with Crippen LogP contribution in [0.25, 0.3) is 0 Å². The highest BCUT2D eigenvalue weighted by Crippen LogP contribution is 2.14. The normalized spacial score (nSPS) is 18.1. The fraction of sp³-hybridized carbons (Fsp3) is 0.481. The monoisotopic (exact) mass is 628 g/mol. The maximum absolute atomic E-state index is 13.8. The van der Waals surface area contributed by atoms with Gasteiger partial charge in [-0.3, -0.25) is 14.5 Å². The molecule has 7 nitrogen and oxygen atoms in total. The molecule has 202 valence electrons. The van der Waals surface area contributed by atoms with Gasteiger partial charge in [0.15, 0.2) is 0 Å². The van der Waals surface area contributed by atoms with Crippen molar-refractivity contribution in [1.82, 2.24) is 20.4 Å². The number of nitrogens with one attached hydrogen (secondary N) is 2. The smallest absolute Gasteiger partial charge is 0.237 e. The van der Waals surface area contributed by atoms with Crippen LogP contribution >= 0.6 is 22.6 Å². The minimum Gasteiger partial charge on any atom is -0.390 e. The first-order valence-corrected chi connectivity index (χ1v) is 13.6. The number of benzene rings is 2. The second-order valence-corrected chi connectivity index (χ2v) is 10.8. The van der Waals surface area contributed by atoms with Gasteiger partial charge in [0.25, 0.3) is 0 Å². The number of rotatable bonds is 12. The van der Waals surface area contributed by atoms with Gasteiger partial charge in [-0.2, -0.15) is 0 Å². The van der Waals surface area contributed by atoms with E-state index in [1.54, 1.807) is 4.90 Å². The van der Waals surface area contributed by atoms with Gasteiger partial charge >= 0.3 is 0 Å². The highest BCUT2D eigenvalue weighted by atomic mass is 127. The summed E-state index contributed by atoms with van der Waals surface area (Å²) >= 11 is 2.23. The number of hydrogen-bond donors (Lipinski definition) is 3. The maximum Gasteiger partial charge on any atom is 0.237 e. The van der Waals surface area contributed by atoms with E-state index >= 15 is 0 Å². The van der Waals surface area contributed by atoms with Crippen LogP contribution in [-0.4, -0.2) is 77.6 Å². The third-order valence-electron chi connectivity index (χ3n) is 6.33. The van der Waals surface area contributed by atoms with Gasteiger partial charge in [0.2, 0.25) is 11.8 Å². The van der Waals surface area contributed by atoms with Crippen molar-refractivity contribution >= 4 is 34.4 Å². The summed E-state index contributed by atoms with van der Waals surface area (Å²) in [7, 11) is 0. The molecule has 0 radical (unpaired) electrons. The predicted molar refractivity (Wildman–Crippen MR) is 147 cm³/mol. The van der Waals surface area contributed by atoms with Crippen molar-refractivity contribution in [3.05, 3.63) is 68.8 Å². The van der Waals surface area contributed by atoms with E-state index in [9.17, 15) is 23.5 Å². The summed E-state index contributed by atoms with van der Waals surface area (Å²) in [6.07, 6.45) is -0.0967. The van der Waals surface area contributed by atoms with E-state index in [0.29, 0.717) is 25.2 Å². The molecule has 3 rings (SSSR count). The van der Waals surface area contributed by atoms with Crippen LogP contribution in [0.4, 0.5) is 8.78 Å². The first-order valence-electron chi connectivity index (χ1n) is 12.5. The highest BCUT2D eigenvalue weighted by molar-refractivity contribution is 14.1. The molecular weight excluding hydrogens is 593 g/mol. The number of hydrogen-bond acceptors (Lipinski definition) is 5. The number of nitrogens with zero attached hydrogens (tertiary/aromatic N) is 2. The van der Waals surface area contributed by atoms with Crippen molar-refractivity contribution < 1.29 is 23.5 Å². The molecule has 0 aromatic heterocycles. The largest absolute Gasteiger partial charge is 0.390 e. The quantitative estimate of drug-likeness (QED) is 0.315. The average molecular weight is 629 g/mol. The molecule has 1 fully saturated rings. The van der Waals surface area contributed by atoms with E-state index in [4.69, 9.17) is 0 Å². The third kappa shape index (κ3) is 9.27. The summed E-state index contributed by atoms with van der Waals surface area (Å²) in [5.41, 5.74) is 1.38. The fourth-order valence-electron chi connectivity index (χ4n) is 4.65. The number of amides is 2. The van der Waals surface area contributed by atoms with Crippen LogP contribution in [0.3, 0.4) is 0 Å². The Bertz CT molecular complexity index is 1050. The Morgan fingerprint density at radius 1 is 1.19 bits per heavy atom. The zero-order valence-corrected chi connectivity index (χ0v) is 23.4. The Balaban J connectivity index is 1.63. The molecule has 0 bridgehead atoms. The summed E-state index contributed by atoms with van der Waals surface area (Å²) < 4.78 is 28.7. The maximum atomic E-state index is 13.8. The van der Waals surface area contributed by atoms with Gasteiger partial charge < -0.3 is 20.6 Å². The Morgan fingerprint density at radius 2 is 1.92 bits per heavy atom. The molecule has 1 heterocycles. The number of halogens is 3. The SMILES string of the molecule is CCCN1C(=O)CN(CC(=O)N[C@@H](Cc2cc(F)cc(F)c2)[C@H](O)CNCc2cccc(I)c2)C[C@@H]1C. The number of carbonyl (C=O) groups excluding carboxylic acids is 2.